The number of esters is 1. The maximum absolute atomic E-state index is 12.8. The Balaban J connectivity index is 1.67. The minimum atomic E-state index is -2.85. The summed E-state index contributed by atoms with van der Waals surface area (Å²) < 4.78 is 19.3. The van der Waals surface area contributed by atoms with Crippen LogP contribution in [0.25, 0.3) is 0 Å². The number of benzene rings is 3. The highest BCUT2D eigenvalue weighted by Crippen LogP contribution is 2.39. The van der Waals surface area contributed by atoms with Crippen LogP contribution in [0, 0.1) is 0 Å². The van der Waals surface area contributed by atoms with Crippen LogP contribution in [0.1, 0.15) is 50.4 Å². The topological polar surface area (TPSA) is 85.2 Å². The Hall–Kier alpha value is -2.81. The summed E-state index contributed by atoms with van der Waals surface area (Å²) in [5, 5.41) is 22.5. The number of hydrogen-bond donors (Lipinski definition) is 2. The molecule has 0 bridgehead atoms. The lowest BCUT2D eigenvalue weighted by Gasteiger charge is -2.47. The number of carbonyl (C=O) groups is 1. The van der Waals surface area contributed by atoms with E-state index in [2.05, 4.69) is 69.3 Å². The molecule has 6 nitrogen and oxygen atoms in total. The number of aliphatic hydroxyl groups excluding tert-OH is 2. The lowest BCUT2D eigenvalue weighted by Crippen LogP contribution is -2.68. The molecule has 3 aromatic rings. The highest BCUT2D eigenvalue weighted by molar-refractivity contribution is 6.99. The largest absolute Gasteiger partial charge is 0.456 e. The highest BCUT2D eigenvalue weighted by atomic mass is 28.4. The van der Waals surface area contributed by atoms with Gasteiger partial charge in [0, 0.05) is 13.0 Å². The molecule has 0 radical (unpaired) electrons. The molecule has 39 heavy (non-hydrogen) atoms. The van der Waals surface area contributed by atoms with E-state index in [1.54, 1.807) is 24.3 Å². The van der Waals surface area contributed by atoms with Gasteiger partial charge in [-0.1, -0.05) is 99.6 Å². The molecule has 7 heteroatoms. The standard InChI is InChI=1S/C32H40O6Si/c1-32(2,3)39(25-16-9-5-10-17-25,26-18-11-6-12-19-26)38-28-20-13-21-36-30(28)22-29(27(34)23-33)37-31(35)24-14-7-4-8-15-24/h4-12,14-19,27-30,33-34H,13,20-23H2,1-3H3/t27-,28+,29+,30-/m0/s1. The van der Waals surface area contributed by atoms with Gasteiger partial charge in [-0.2, -0.15) is 0 Å². The van der Waals surface area contributed by atoms with E-state index in [4.69, 9.17) is 13.9 Å². The first-order chi connectivity index (χ1) is 18.8. The smallest absolute Gasteiger partial charge is 0.338 e. The summed E-state index contributed by atoms with van der Waals surface area (Å²) in [5.41, 5.74) is 0.386. The van der Waals surface area contributed by atoms with E-state index in [1.807, 2.05) is 18.2 Å². The monoisotopic (exact) mass is 548 g/mol. The molecule has 1 saturated heterocycles. The van der Waals surface area contributed by atoms with Crippen LogP contribution in [0.15, 0.2) is 91.0 Å². The SMILES string of the molecule is CC(C)(C)[Si](O[C@@H]1CCCO[C@H]1C[C@@H](OC(=O)c1ccccc1)[C@@H](O)CO)(c1ccccc1)c1ccccc1. The molecule has 3 aromatic carbocycles. The Morgan fingerprint density at radius 1 is 0.949 bits per heavy atom. The molecule has 4 rings (SSSR count). The molecule has 1 aliphatic heterocycles. The van der Waals surface area contributed by atoms with E-state index in [9.17, 15) is 15.0 Å². The van der Waals surface area contributed by atoms with Crippen molar-refractivity contribution in [1.82, 2.24) is 0 Å². The van der Waals surface area contributed by atoms with Gasteiger partial charge in [0.05, 0.1) is 24.4 Å². The van der Waals surface area contributed by atoms with Crippen molar-refractivity contribution >= 4 is 24.7 Å². The van der Waals surface area contributed by atoms with Crippen LogP contribution in [0.4, 0.5) is 0 Å². The Morgan fingerprint density at radius 3 is 2.00 bits per heavy atom. The normalized spacial score (nSPS) is 19.7. The first-order valence-electron chi connectivity index (χ1n) is 13.7. The predicted molar refractivity (Wildman–Crippen MR) is 155 cm³/mol. The van der Waals surface area contributed by atoms with Crippen LogP contribution >= 0.6 is 0 Å². The molecule has 1 heterocycles. The lowest BCUT2D eigenvalue weighted by atomic mass is 9.98. The zero-order valence-corrected chi connectivity index (χ0v) is 24.0. The maximum Gasteiger partial charge on any atom is 0.338 e. The number of ether oxygens (including phenoxy) is 2. The zero-order chi connectivity index (χ0) is 27.9. The molecule has 0 aromatic heterocycles. The molecule has 0 unspecified atom stereocenters. The van der Waals surface area contributed by atoms with Crippen molar-refractivity contribution < 1.29 is 28.9 Å². The van der Waals surface area contributed by atoms with Crippen molar-refractivity contribution in [1.29, 1.82) is 0 Å². The van der Waals surface area contributed by atoms with E-state index in [0.29, 0.717) is 12.2 Å². The van der Waals surface area contributed by atoms with Gasteiger partial charge in [0.25, 0.3) is 8.32 Å². The fraction of sp³-hybridized carbons (Fsp3) is 0.406. The summed E-state index contributed by atoms with van der Waals surface area (Å²) in [4.78, 5) is 12.8. The van der Waals surface area contributed by atoms with Crippen LogP contribution in [-0.4, -0.2) is 62.1 Å². The van der Waals surface area contributed by atoms with Gasteiger partial charge in [-0.25, -0.2) is 4.79 Å². The zero-order valence-electron chi connectivity index (χ0n) is 23.0. The van der Waals surface area contributed by atoms with Crippen LogP contribution in [0.2, 0.25) is 5.04 Å². The van der Waals surface area contributed by atoms with Crippen molar-refractivity contribution in [2.45, 2.75) is 69.5 Å². The third-order valence-corrected chi connectivity index (χ3v) is 12.5. The highest BCUT2D eigenvalue weighted by Gasteiger charge is 2.52. The summed E-state index contributed by atoms with van der Waals surface area (Å²) >= 11 is 0. The van der Waals surface area contributed by atoms with Crippen molar-refractivity contribution in [2.24, 2.45) is 0 Å². The first kappa shape index (κ1) is 29.2. The second kappa shape index (κ2) is 13.0. The predicted octanol–water partition coefficient (Wildman–Crippen LogP) is 4.08. The molecule has 0 aliphatic carbocycles. The van der Waals surface area contributed by atoms with E-state index < -0.39 is 39.2 Å². The molecule has 1 fully saturated rings. The third kappa shape index (κ3) is 6.68. The van der Waals surface area contributed by atoms with Crippen LogP contribution in [0.3, 0.4) is 0 Å². The summed E-state index contributed by atoms with van der Waals surface area (Å²) in [5.74, 6) is -0.548. The summed E-state index contributed by atoms with van der Waals surface area (Å²) in [6.45, 7) is 6.73. The fourth-order valence-electron chi connectivity index (χ4n) is 5.50. The van der Waals surface area contributed by atoms with E-state index >= 15 is 0 Å². The van der Waals surface area contributed by atoms with Gasteiger partial charge in [-0.05, 0) is 40.4 Å². The van der Waals surface area contributed by atoms with E-state index in [1.165, 1.54) is 10.4 Å². The minimum Gasteiger partial charge on any atom is -0.456 e. The second-order valence-corrected chi connectivity index (χ2v) is 15.4. The number of carbonyl (C=O) groups excluding carboxylic acids is 1. The molecule has 208 valence electrons. The van der Waals surface area contributed by atoms with Gasteiger partial charge in [0.2, 0.25) is 0 Å². The molecule has 0 amide bonds. The first-order valence-corrected chi connectivity index (χ1v) is 15.6. The summed E-state index contributed by atoms with van der Waals surface area (Å²) in [6.07, 6.45) is -1.06. The van der Waals surface area contributed by atoms with Crippen molar-refractivity contribution in [3.8, 4) is 0 Å². The van der Waals surface area contributed by atoms with E-state index in [-0.39, 0.29) is 17.6 Å². The Kier molecular flexibility index (Phi) is 9.75. The van der Waals surface area contributed by atoms with Crippen molar-refractivity contribution in [3.05, 3.63) is 96.6 Å². The Bertz CT molecular complexity index is 1130. The maximum atomic E-state index is 12.8. The average Bonchev–Trinajstić information content (AvgIpc) is 2.96. The second-order valence-electron chi connectivity index (χ2n) is 11.2. The molecule has 2 N–H and O–H groups in total. The third-order valence-electron chi connectivity index (χ3n) is 7.47. The number of hydrogen-bond acceptors (Lipinski definition) is 6. The lowest BCUT2D eigenvalue weighted by molar-refractivity contribution is -0.107. The van der Waals surface area contributed by atoms with Crippen LogP contribution in [0.5, 0.6) is 0 Å². The van der Waals surface area contributed by atoms with Gasteiger partial charge >= 0.3 is 5.97 Å². The Labute approximate surface area is 232 Å². The number of rotatable bonds is 10. The molecular formula is C32H40O6Si. The average molecular weight is 549 g/mol. The molecule has 0 saturated carbocycles. The van der Waals surface area contributed by atoms with E-state index in [0.717, 1.165) is 12.8 Å². The summed E-state index contributed by atoms with van der Waals surface area (Å²) in [7, 11) is -2.85. The van der Waals surface area contributed by atoms with Crippen LogP contribution in [-0.2, 0) is 13.9 Å². The van der Waals surface area contributed by atoms with Gasteiger partial charge < -0.3 is 24.1 Å². The number of aliphatic hydroxyl groups is 2. The minimum absolute atomic E-state index is 0.207. The fourth-order valence-corrected chi connectivity index (χ4v) is 10.2. The van der Waals surface area contributed by atoms with Crippen molar-refractivity contribution in [2.75, 3.05) is 13.2 Å². The van der Waals surface area contributed by atoms with Gasteiger partial charge in [0.15, 0.2) is 0 Å². The van der Waals surface area contributed by atoms with Crippen molar-refractivity contribution in [3.63, 3.8) is 0 Å². The van der Waals surface area contributed by atoms with Gasteiger partial charge in [0.1, 0.15) is 12.2 Å². The van der Waals surface area contributed by atoms with Crippen LogP contribution < -0.4 is 10.4 Å². The molecular weight excluding hydrogens is 508 g/mol. The van der Waals surface area contributed by atoms with Gasteiger partial charge in [-0.3, -0.25) is 0 Å². The molecule has 4 atom stereocenters. The molecule has 1 aliphatic rings. The quantitative estimate of drug-likeness (QED) is 0.293. The molecule has 0 spiro atoms. The van der Waals surface area contributed by atoms with Gasteiger partial charge in [-0.15, -0.1) is 0 Å². The summed E-state index contributed by atoms with van der Waals surface area (Å²) in [6, 6.07) is 29.5. The Morgan fingerprint density at radius 2 is 1.49 bits per heavy atom.